The van der Waals surface area contributed by atoms with Crippen LogP contribution in [0.3, 0.4) is 0 Å². The summed E-state index contributed by atoms with van der Waals surface area (Å²) in [6, 6.07) is 10.7. The average Bonchev–Trinajstić information content (AvgIpc) is 2.88. The molecule has 1 aromatic carbocycles. The number of benzene rings is 1. The summed E-state index contributed by atoms with van der Waals surface area (Å²) >= 11 is 0. The summed E-state index contributed by atoms with van der Waals surface area (Å²) in [6.07, 6.45) is 6.51. The zero-order valence-electron chi connectivity index (χ0n) is 15.6. The number of amides is 1. The maximum Gasteiger partial charge on any atom is 0.224 e. The van der Waals surface area contributed by atoms with E-state index >= 15 is 0 Å². The first-order valence-electron chi connectivity index (χ1n) is 9.33. The quantitative estimate of drug-likeness (QED) is 0.905. The second-order valence-electron chi connectivity index (χ2n) is 7.43. The molecule has 0 bridgehead atoms. The number of nitrogens with one attached hydrogen (secondary N) is 1. The zero-order chi connectivity index (χ0) is 17.9. The van der Waals surface area contributed by atoms with Crippen molar-refractivity contribution in [1.82, 2.24) is 15.1 Å². The first-order valence-corrected chi connectivity index (χ1v) is 9.33. The van der Waals surface area contributed by atoms with Crippen LogP contribution in [0.25, 0.3) is 0 Å². The van der Waals surface area contributed by atoms with E-state index in [-0.39, 0.29) is 11.3 Å². The highest BCUT2D eigenvalue weighted by molar-refractivity contribution is 5.79. The molecule has 0 saturated heterocycles. The molecule has 1 N–H and O–H groups in total. The van der Waals surface area contributed by atoms with Crippen molar-refractivity contribution in [2.45, 2.75) is 57.8 Å². The SMILES string of the molecule is Cc1nn(C)c(C)c1CC(=O)NCC1(c2ccccc2)CCCCC1. The van der Waals surface area contributed by atoms with Crippen LogP contribution < -0.4 is 5.32 Å². The third kappa shape index (κ3) is 3.78. The monoisotopic (exact) mass is 339 g/mol. The van der Waals surface area contributed by atoms with Gasteiger partial charge in [0, 0.05) is 30.3 Å². The van der Waals surface area contributed by atoms with Gasteiger partial charge in [-0.2, -0.15) is 5.10 Å². The van der Waals surface area contributed by atoms with Gasteiger partial charge in [-0.25, -0.2) is 0 Å². The van der Waals surface area contributed by atoms with Crippen molar-refractivity contribution in [1.29, 1.82) is 0 Å². The van der Waals surface area contributed by atoms with Crippen LogP contribution in [0, 0.1) is 13.8 Å². The lowest BCUT2D eigenvalue weighted by atomic mass is 9.69. The van der Waals surface area contributed by atoms with Gasteiger partial charge in [0.25, 0.3) is 0 Å². The molecular weight excluding hydrogens is 310 g/mol. The van der Waals surface area contributed by atoms with E-state index in [1.807, 2.05) is 25.6 Å². The van der Waals surface area contributed by atoms with E-state index in [2.05, 4.69) is 40.7 Å². The lowest BCUT2D eigenvalue weighted by molar-refractivity contribution is -0.120. The molecule has 0 aliphatic heterocycles. The molecule has 1 aliphatic carbocycles. The van der Waals surface area contributed by atoms with Gasteiger partial charge in [0.15, 0.2) is 0 Å². The van der Waals surface area contributed by atoms with Gasteiger partial charge in [0.1, 0.15) is 0 Å². The standard InChI is InChI=1S/C21H29N3O/c1-16-19(17(2)24(3)23-16)14-20(25)22-15-21(12-8-5-9-13-21)18-10-6-4-7-11-18/h4,6-7,10-11H,5,8-9,12-15H2,1-3H3,(H,22,25). The Morgan fingerprint density at radius 2 is 1.84 bits per heavy atom. The van der Waals surface area contributed by atoms with Crippen LogP contribution >= 0.6 is 0 Å². The molecular formula is C21H29N3O. The molecule has 4 nitrogen and oxygen atoms in total. The molecule has 1 aromatic heterocycles. The summed E-state index contributed by atoms with van der Waals surface area (Å²) in [6.45, 7) is 4.73. The fraction of sp³-hybridized carbons (Fsp3) is 0.524. The highest BCUT2D eigenvalue weighted by Crippen LogP contribution is 2.38. The molecule has 0 atom stereocenters. The number of hydrogen-bond donors (Lipinski definition) is 1. The maximum atomic E-state index is 12.6. The maximum absolute atomic E-state index is 12.6. The van der Waals surface area contributed by atoms with E-state index in [9.17, 15) is 4.79 Å². The summed E-state index contributed by atoms with van der Waals surface area (Å²) in [5.74, 6) is 0.0973. The van der Waals surface area contributed by atoms with Crippen molar-refractivity contribution in [2.24, 2.45) is 7.05 Å². The summed E-state index contributed by atoms with van der Waals surface area (Å²) in [4.78, 5) is 12.6. The fourth-order valence-corrected chi connectivity index (χ4v) is 4.15. The van der Waals surface area contributed by atoms with Crippen molar-refractivity contribution in [3.63, 3.8) is 0 Å². The van der Waals surface area contributed by atoms with Crippen LogP contribution in [-0.2, 0) is 23.7 Å². The second-order valence-corrected chi connectivity index (χ2v) is 7.43. The van der Waals surface area contributed by atoms with Crippen molar-refractivity contribution < 1.29 is 4.79 Å². The third-order valence-corrected chi connectivity index (χ3v) is 5.82. The number of carbonyl (C=O) groups is 1. The molecule has 1 amide bonds. The molecule has 2 aromatic rings. The number of nitrogens with zero attached hydrogens (tertiary/aromatic N) is 2. The normalized spacial score (nSPS) is 16.6. The van der Waals surface area contributed by atoms with Crippen LogP contribution in [0.15, 0.2) is 30.3 Å². The summed E-state index contributed by atoms with van der Waals surface area (Å²) in [5, 5.41) is 7.64. The Labute approximate surface area is 150 Å². The van der Waals surface area contributed by atoms with Gasteiger partial charge in [0.05, 0.1) is 12.1 Å². The topological polar surface area (TPSA) is 46.9 Å². The molecule has 0 unspecified atom stereocenters. The van der Waals surface area contributed by atoms with Gasteiger partial charge in [-0.05, 0) is 32.3 Å². The minimum absolute atomic E-state index is 0.0915. The zero-order valence-corrected chi connectivity index (χ0v) is 15.6. The Morgan fingerprint density at radius 3 is 2.44 bits per heavy atom. The summed E-state index contributed by atoms with van der Waals surface area (Å²) in [7, 11) is 1.93. The first-order chi connectivity index (χ1) is 12.0. The van der Waals surface area contributed by atoms with E-state index < -0.39 is 0 Å². The first kappa shape index (κ1) is 17.7. The molecule has 3 rings (SSSR count). The van der Waals surface area contributed by atoms with Crippen molar-refractivity contribution in [3.05, 3.63) is 52.8 Å². The molecule has 25 heavy (non-hydrogen) atoms. The molecule has 1 fully saturated rings. The van der Waals surface area contributed by atoms with E-state index in [1.165, 1.54) is 24.8 Å². The smallest absolute Gasteiger partial charge is 0.224 e. The van der Waals surface area contributed by atoms with Crippen LogP contribution in [-0.4, -0.2) is 22.2 Å². The third-order valence-electron chi connectivity index (χ3n) is 5.82. The lowest BCUT2D eigenvalue weighted by Gasteiger charge is -2.38. The number of aromatic nitrogens is 2. The largest absolute Gasteiger partial charge is 0.355 e. The van der Waals surface area contributed by atoms with E-state index in [0.29, 0.717) is 6.42 Å². The van der Waals surface area contributed by atoms with Crippen LogP contribution in [0.4, 0.5) is 0 Å². The Morgan fingerprint density at radius 1 is 1.16 bits per heavy atom. The van der Waals surface area contributed by atoms with Crippen molar-refractivity contribution in [2.75, 3.05) is 6.54 Å². The Kier molecular flexibility index (Phi) is 5.26. The Hall–Kier alpha value is -2.10. The number of aryl methyl sites for hydroxylation is 2. The van der Waals surface area contributed by atoms with Crippen molar-refractivity contribution in [3.8, 4) is 0 Å². The molecule has 1 heterocycles. The van der Waals surface area contributed by atoms with Crippen LogP contribution in [0.1, 0.15) is 54.6 Å². The molecule has 4 heteroatoms. The number of hydrogen-bond acceptors (Lipinski definition) is 2. The molecule has 134 valence electrons. The van der Waals surface area contributed by atoms with Gasteiger partial charge in [-0.15, -0.1) is 0 Å². The van der Waals surface area contributed by atoms with Gasteiger partial charge in [0.2, 0.25) is 5.91 Å². The van der Waals surface area contributed by atoms with E-state index in [1.54, 1.807) is 0 Å². The Balaban J connectivity index is 1.70. The van der Waals surface area contributed by atoms with Crippen LogP contribution in [0.2, 0.25) is 0 Å². The predicted octanol–water partition coefficient (Wildman–Crippen LogP) is 3.60. The van der Waals surface area contributed by atoms with E-state index in [0.717, 1.165) is 36.3 Å². The Bertz CT molecular complexity index is 727. The van der Waals surface area contributed by atoms with Gasteiger partial charge < -0.3 is 5.32 Å². The number of carbonyl (C=O) groups excluding carboxylic acids is 1. The minimum Gasteiger partial charge on any atom is -0.355 e. The number of rotatable bonds is 5. The highest BCUT2D eigenvalue weighted by Gasteiger charge is 2.34. The van der Waals surface area contributed by atoms with Gasteiger partial charge in [-0.1, -0.05) is 49.6 Å². The molecule has 0 radical (unpaired) electrons. The summed E-state index contributed by atoms with van der Waals surface area (Å²) < 4.78 is 1.85. The fourth-order valence-electron chi connectivity index (χ4n) is 4.15. The van der Waals surface area contributed by atoms with E-state index in [4.69, 9.17) is 0 Å². The minimum atomic E-state index is 0.0915. The molecule has 1 saturated carbocycles. The highest BCUT2D eigenvalue weighted by atomic mass is 16.1. The average molecular weight is 339 g/mol. The molecule has 0 spiro atoms. The second kappa shape index (κ2) is 7.42. The van der Waals surface area contributed by atoms with Crippen LogP contribution in [0.5, 0.6) is 0 Å². The lowest BCUT2D eigenvalue weighted by Crippen LogP contribution is -2.42. The van der Waals surface area contributed by atoms with Gasteiger partial charge >= 0.3 is 0 Å². The molecule has 1 aliphatic rings. The van der Waals surface area contributed by atoms with Gasteiger partial charge in [-0.3, -0.25) is 9.48 Å². The predicted molar refractivity (Wildman–Crippen MR) is 101 cm³/mol. The van der Waals surface area contributed by atoms with Crippen molar-refractivity contribution >= 4 is 5.91 Å². The summed E-state index contributed by atoms with van der Waals surface area (Å²) in [5.41, 5.74) is 4.53.